The lowest BCUT2D eigenvalue weighted by molar-refractivity contribution is -0.0957. The molecule has 0 saturated heterocycles. The van der Waals surface area contributed by atoms with Gasteiger partial charge >= 0.3 is 0 Å². The lowest BCUT2D eigenvalue weighted by Gasteiger charge is -2.36. The Morgan fingerprint density at radius 1 is 1.41 bits per heavy atom. The zero-order valence-electron chi connectivity index (χ0n) is 15.8. The molecule has 4 nitrogen and oxygen atoms in total. The molecule has 144 valence electrons. The average molecular weight is 374 g/mol. The van der Waals surface area contributed by atoms with Gasteiger partial charge in [0.05, 0.1) is 18.0 Å². The first-order chi connectivity index (χ1) is 12.7. The lowest BCUT2D eigenvalue weighted by Crippen LogP contribution is -2.42. The summed E-state index contributed by atoms with van der Waals surface area (Å²) in [5.41, 5.74) is 8.58. The smallest absolute Gasteiger partial charge is 0.218 e. The van der Waals surface area contributed by atoms with Gasteiger partial charge in [-0.05, 0) is 56.9 Å². The molecule has 0 spiro atoms. The van der Waals surface area contributed by atoms with Gasteiger partial charge < -0.3 is 15.2 Å². The van der Waals surface area contributed by atoms with E-state index in [1.807, 2.05) is 19.9 Å². The maximum Gasteiger partial charge on any atom is 0.218 e. The molecule has 27 heavy (non-hydrogen) atoms. The van der Waals surface area contributed by atoms with Crippen LogP contribution in [0.5, 0.6) is 5.88 Å². The van der Waals surface area contributed by atoms with Gasteiger partial charge in [0.2, 0.25) is 5.88 Å². The fourth-order valence-corrected chi connectivity index (χ4v) is 3.18. The number of pyridine rings is 1. The fourth-order valence-electron chi connectivity index (χ4n) is 3.18. The van der Waals surface area contributed by atoms with E-state index >= 15 is 0 Å². The van der Waals surface area contributed by atoms with E-state index in [0.29, 0.717) is 35.5 Å². The van der Waals surface area contributed by atoms with Gasteiger partial charge in [-0.3, -0.25) is 0 Å². The Kier molecular flexibility index (Phi) is 5.20. The van der Waals surface area contributed by atoms with E-state index in [4.69, 9.17) is 15.2 Å². The topological polar surface area (TPSA) is 57.4 Å². The third kappa shape index (κ3) is 4.11. The van der Waals surface area contributed by atoms with Crippen molar-refractivity contribution < 1.29 is 18.3 Å². The van der Waals surface area contributed by atoms with Crippen LogP contribution in [0.25, 0.3) is 16.8 Å². The van der Waals surface area contributed by atoms with Crippen LogP contribution < -0.4 is 10.5 Å². The van der Waals surface area contributed by atoms with Crippen molar-refractivity contribution in [2.75, 3.05) is 6.61 Å². The second kappa shape index (κ2) is 7.27. The molecule has 0 aliphatic carbocycles. The number of rotatable bonds is 5. The van der Waals surface area contributed by atoms with Gasteiger partial charge in [0.15, 0.2) is 6.36 Å². The van der Waals surface area contributed by atoms with Gasteiger partial charge in [0.1, 0.15) is 11.4 Å². The molecule has 1 aliphatic rings. The van der Waals surface area contributed by atoms with Crippen LogP contribution >= 0.6 is 0 Å². The second-order valence-corrected chi connectivity index (χ2v) is 7.25. The minimum absolute atomic E-state index is 0.0911. The molecule has 0 radical (unpaired) electrons. The Morgan fingerprint density at radius 3 is 2.78 bits per heavy atom. The molecule has 2 heterocycles. The fraction of sp³-hybridized carbons (Fsp3) is 0.381. The van der Waals surface area contributed by atoms with E-state index < -0.39 is 12.0 Å². The maximum atomic E-state index is 14.6. The van der Waals surface area contributed by atoms with Crippen LogP contribution in [0.1, 0.15) is 37.1 Å². The summed E-state index contributed by atoms with van der Waals surface area (Å²) in [5.74, 6) is 0.0397. The summed E-state index contributed by atoms with van der Waals surface area (Å²) in [6.45, 7) is 8.83. The zero-order chi connectivity index (χ0) is 19.8. The Balaban J connectivity index is 2.07. The van der Waals surface area contributed by atoms with E-state index in [0.717, 1.165) is 11.1 Å². The first-order valence-corrected chi connectivity index (χ1v) is 8.88. The largest absolute Gasteiger partial charge is 0.469 e. The van der Waals surface area contributed by atoms with E-state index in [1.54, 1.807) is 12.1 Å². The van der Waals surface area contributed by atoms with Crippen LogP contribution in [-0.2, 0) is 11.2 Å². The van der Waals surface area contributed by atoms with Crippen molar-refractivity contribution in [2.45, 2.75) is 45.6 Å². The molecule has 0 bridgehead atoms. The summed E-state index contributed by atoms with van der Waals surface area (Å²) in [6, 6.07) is 6.82. The molecule has 2 aromatic rings. The SMILES string of the molecule is C=C(N)c1cc(-c2ccc(C)cc2F)c2c(n1)O[C@](C)(COC(C)F)CC2. The van der Waals surface area contributed by atoms with Crippen molar-refractivity contribution >= 4 is 5.70 Å². The number of alkyl halides is 1. The summed E-state index contributed by atoms with van der Waals surface area (Å²) in [4.78, 5) is 4.45. The van der Waals surface area contributed by atoms with E-state index in [1.165, 1.54) is 13.0 Å². The van der Waals surface area contributed by atoms with Crippen LogP contribution in [-0.4, -0.2) is 23.5 Å². The Hall–Kier alpha value is -2.47. The predicted octanol–water partition coefficient (Wildman–Crippen LogP) is 4.54. The van der Waals surface area contributed by atoms with Gasteiger partial charge in [0, 0.05) is 11.1 Å². The summed E-state index contributed by atoms with van der Waals surface area (Å²) in [5, 5.41) is 0. The number of nitrogens with zero attached hydrogens (tertiary/aromatic N) is 1. The van der Waals surface area contributed by atoms with E-state index in [-0.39, 0.29) is 18.1 Å². The molecule has 6 heteroatoms. The number of aryl methyl sites for hydroxylation is 1. The molecule has 2 N–H and O–H groups in total. The van der Waals surface area contributed by atoms with Gasteiger partial charge in [-0.2, -0.15) is 0 Å². The standard InChI is InChI=1S/C21H24F2N2O2/c1-12-5-6-15(18(23)9-12)17-10-19(13(2)24)25-20-16(17)7-8-21(4,27-20)11-26-14(3)22/h5-6,9-10,14H,2,7-8,11,24H2,1,3-4H3/t14?,21-/m0/s1. The van der Waals surface area contributed by atoms with E-state index in [2.05, 4.69) is 11.6 Å². The second-order valence-electron chi connectivity index (χ2n) is 7.25. The highest BCUT2D eigenvalue weighted by atomic mass is 19.1. The van der Waals surface area contributed by atoms with Crippen molar-refractivity contribution in [1.29, 1.82) is 0 Å². The van der Waals surface area contributed by atoms with Crippen LogP contribution in [0, 0.1) is 12.7 Å². The monoisotopic (exact) mass is 374 g/mol. The molecule has 1 aliphatic heterocycles. The minimum Gasteiger partial charge on any atom is -0.469 e. The predicted molar refractivity (Wildman–Crippen MR) is 101 cm³/mol. The molecule has 3 rings (SSSR count). The summed E-state index contributed by atoms with van der Waals surface area (Å²) >= 11 is 0. The first kappa shape index (κ1) is 19.3. The first-order valence-electron chi connectivity index (χ1n) is 8.88. The zero-order valence-corrected chi connectivity index (χ0v) is 15.8. The molecule has 0 saturated carbocycles. The quantitative estimate of drug-likeness (QED) is 0.835. The highest BCUT2D eigenvalue weighted by molar-refractivity contribution is 5.74. The molecule has 1 aromatic carbocycles. The van der Waals surface area contributed by atoms with Gasteiger partial charge in [-0.15, -0.1) is 0 Å². The van der Waals surface area contributed by atoms with Crippen molar-refractivity contribution in [3.8, 4) is 17.0 Å². The Labute approximate surface area is 158 Å². The maximum absolute atomic E-state index is 14.6. The number of benzene rings is 1. The van der Waals surface area contributed by atoms with Gasteiger partial charge in [0.25, 0.3) is 0 Å². The molecule has 0 fully saturated rings. The van der Waals surface area contributed by atoms with Crippen molar-refractivity contribution in [2.24, 2.45) is 5.73 Å². The summed E-state index contributed by atoms with van der Waals surface area (Å²) in [7, 11) is 0. The van der Waals surface area contributed by atoms with Crippen LogP contribution in [0.3, 0.4) is 0 Å². The molecular weight excluding hydrogens is 350 g/mol. The highest BCUT2D eigenvalue weighted by Gasteiger charge is 2.35. The molecule has 0 amide bonds. The minimum atomic E-state index is -1.38. The van der Waals surface area contributed by atoms with Gasteiger partial charge in [-0.1, -0.05) is 18.7 Å². The Bertz CT molecular complexity index is 883. The molecule has 2 atom stereocenters. The number of halogens is 2. The van der Waals surface area contributed by atoms with Crippen molar-refractivity contribution in [3.05, 3.63) is 53.5 Å². The number of ether oxygens (including phenoxy) is 2. The summed E-state index contributed by atoms with van der Waals surface area (Å²) < 4.78 is 38.9. The Morgan fingerprint density at radius 2 is 2.15 bits per heavy atom. The average Bonchev–Trinajstić information content (AvgIpc) is 2.59. The number of nitrogens with two attached hydrogens (primary N) is 1. The van der Waals surface area contributed by atoms with Crippen LogP contribution in [0.2, 0.25) is 0 Å². The molecular formula is C21H24F2N2O2. The molecule has 1 unspecified atom stereocenters. The molecule has 1 aromatic heterocycles. The highest BCUT2D eigenvalue weighted by Crippen LogP contribution is 2.40. The van der Waals surface area contributed by atoms with Gasteiger partial charge in [-0.25, -0.2) is 13.8 Å². The van der Waals surface area contributed by atoms with E-state index in [9.17, 15) is 8.78 Å². The van der Waals surface area contributed by atoms with Crippen LogP contribution in [0.4, 0.5) is 8.78 Å². The van der Waals surface area contributed by atoms with Crippen molar-refractivity contribution in [3.63, 3.8) is 0 Å². The third-order valence-corrected chi connectivity index (χ3v) is 4.70. The third-order valence-electron chi connectivity index (χ3n) is 4.70. The number of hydrogen-bond acceptors (Lipinski definition) is 4. The van der Waals surface area contributed by atoms with Crippen molar-refractivity contribution in [1.82, 2.24) is 4.98 Å². The lowest BCUT2D eigenvalue weighted by atomic mass is 9.89. The normalized spacial score (nSPS) is 19.9. The number of aromatic nitrogens is 1. The summed E-state index contributed by atoms with van der Waals surface area (Å²) in [6.07, 6.45) is -0.187. The number of hydrogen-bond donors (Lipinski definition) is 1. The van der Waals surface area contributed by atoms with Crippen LogP contribution in [0.15, 0.2) is 30.8 Å². The number of fused-ring (bicyclic) bond motifs is 1.